The predicted molar refractivity (Wildman–Crippen MR) is 76.6 cm³/mol. The van der Waals surface area contributed by atoms with E-state index in [1.54, 1.807) is 11.8 Å². The van der Waals surface area contributed by atoms with Crippen molar-refractivity contribution in [3.8, 4) is 0 Å². The van der Waals surface area contributed by atoms with Crippen molar-refractivity contribution in [1.29, 1.82) is 0 Å². The first-order chi connectivity index (χ1) is 9.20. The minimum Gasteiger partial charge on any atom is -0.383 e. The summed E-state index contributed by atoms with van der Waals surface area (Å²) < 4.78 is 6.04. The molecule has 19 heavy (non-hydrogen) atoms. The van der Waals surface area contributed by atoms with Gasteiger partial charge in [0.1, 0.15) is 6.10 Å². The first-order valence-electron chi connectivity index (χ1n) is 5.78. The Morgan fingerprint density at radius 2 is 2.21 bits per heavy atom. The summed E-state index contributed by atoms with van der Waals surface area (Å²) in [5.74, 6) is 1.38. The highest BCUT2D eigenvalue weighted by atomic mass is 79.9. The highest BCUT2D eigenvalue weighted by Gasteiger charge is 2.15. The molecule has 0 unspecified atom stereocenters. The van der Waals surface area contributed by atoms with Crippen LogP contribution in [-0.2, 0) is 5.75 Å². The molecule has 2 rings (SSSR count). The molecule has 0 bridgehead atoms. The third-order valence-electron chi connectivity index (χ3n) is 2.40. The third-order valence-corrected chi connectivity index (χ3v) is 4.43. The number of aromatic nitrogens is 2. The topological polar surface area (TPSA) is 85.2 Å². The summed E-state index contributed by atoms with van der Waals surface area (Å²) in [4.78, 5) is 5.26. The Morgan fingerprint density at radius 3 is 2.95 bits per heavy atom. The fourth-order valence-corrected chi connectivity index (χ4v) is 2.86. The molecule has 1 heterocycles. The van der Waals surface area contributed by atoms with Crippen molar-refractivity contribution in [2.45, 2.75) is 23.2 Å². The van der Waals surface area contributed by atoms with Crippen LogP contribution in [0.4, 0.5) is 0 Å². The molecule has 1 aromatic carbocycles. The van der Waals surface area contributed by atoms with Gasteiger partial charge in [-0.2, -0.15) is 4.98 Å². The van der Waals surface area contributed by atoms with Crippen molar-refractivity contribution in [2.75, 3.05) is 6.54 Å². The number of nitrogens with two attached hydrogens (primary N) is 1. The van der Waals surface area contributed by atoms with Crippen LogP contribution in [0.25, 0.3) is 0 Å². The second kappa shape index (κ2) is 7.04. The molecule has 7 heteroatoms. The van der Waals surface area contributed by atoms with Crippen LogP contribution in [0.2, 0.25) is 0 Å². The summed E-state index contributed by atoms with van der Waals surface area (Å²) in [6.07, 6.45) is -0.362. The van der Waals surface area contributed by atoms with Crippen molar-refractivity contribution in [1.82, 2.24) is 10.1 Å². The molecule has 1 aromatic heterocycles. The predicted octanol–water partition coefficient (Wildman–Crippen LogP) is 2.51. The third kappa shape index (κ3) is 4.04. The summed E-state index contributed by atoms with van der Waals surface area (Å²) in [6.45, 7) is 0.380. The standard InChI is InChI=1S/C12H14BrN3O2S/c13-8-3-1-2-4-10(8)19-7-11-15-12(18-16-11)9(17)5-6-14/h1-4,9,17H,5-7,14H2/t9-/m0/s1. The number of hydrogen-bond acceptors (Lipinski definition) is 6. The Bertz CT molecular complexity index is 535. The van der Waals surface area contributed by atoms with Crippen LogP contribution in [0, 0.1) is 0 Å². The lowest BCUT2D eigenvalue weighted by atomic mass is 10.2. The maximum Gasteiger partial charge on any atom is 0.255 e. The van der Waals surface area contributed by atoms with Crippen molar-refractivity contribution in [3.63, 3.8) is 0 Å². The molecule has 0 radical (unpaired) electrons. The molecular weight excluding hydrogens is 330 g/mol. The Kier molecular flexibility index (Phi) is 5.38. The Labute approximate surface area is 123 Å². The molecule has 0 amide bonds. The Morgan fingerprint density at radius 1 is 1.42 bits per heavy atom. The van der Waals surface area contributed by atoms with Gasteiger partial charge in [-0.05, 0) is 41.0 Å². The minimum atomic E-state index is -0.778. The molecule has 5 nitrogen and oxygen atoms in total. The number of halogens is 1. The molecule has 102 valence electrons. The molecule has 3 N–H and O–H groups in total. The number of aliphatic hydroxyl groups is 1. The fourth-order valence-electron chi connectivity index (χ4n) is 1.45. The molecule has 2 aromatic rings. The average molecular weight is 344 g/mol. The highest BCUT2D eigenvalue weighted by molar-refractivity contribution is 9.10. The van der Waals surface area contributed by atoms with Crippen LogP contribution in [0.3, 0.4) is 0 Å². The summed E-state index contributed by atoms with van der Waals surface area (Å²) in [6, 6.07) is 7.93. The van der Waals surface area contributed by atoms with Gasteiger partial charge in [0, 0.05) is 9.37 Å². The van der Waals surface area contributed by atoms with Crippen LogP contribution in [-0.4, -0.2) is 21.8 Å². The van der Waals surface area contributed by atoms with Gasteiger partial charge < -0.3 is 15.4 Å². The SMILES string of the molecule is NCC[C@H](O)c1nc(CSc2ccccc2Br)no1. The van der Waals surface area contributed by atoms with E-state index in [1.165, 1.54) is 0 Å². The Hall–Kier alpha value is -0.890. The van der Waals surface area contributed by atoms with E-state index < -0.39 is 6.10 Å². The number of hydrogen-bond donors (Lipinski definition) is 2. The monoisotopic (exact) mass is 343 g/mol. The molecule has 0 saturated heterocycles. The van der Waals surface area contributed by atoms with Crippen LogP contribution in [0.1, 0.15) is 24.2 Å². The quantitative estimate of drug-likeness (QED) is 0.784. The largest absolute Gasteiger partial charge is 0.383 e. The van der Waals surface area contributed by atoms with Gasteiger partial charge in [-0.15, -0.1) is 11.8 Å². The van der Waals surface area contributed by atoms with Crippen LogP contribution < -0.4 is 5.73 Å². The van der Waals surface area contributed by atoms with E-state index in [2.05, 4.69) is 26.1 Å². The van der Waals surface area contributed by atoms with E-state index in [0.717, 1.165) is 9.37 Å². The number of nitrogens with zero attached hydrogens (tertiary/aromatic N) is 2. The first kappa shape index (κ1) is 14.5. The molecule has 0 saturated carbocycles. The van der Waals surface area contributed by atoms with Gasteiger partial charge in [0.15, 0.2) is 5.82 Å². The van der Waals surface area contributed by atoms with Gasteiger partial charge in [-0.25, -0.2) is 0 Å². The van der Waals surface area contributed by atoms with E-state index in [4.69, 9.17) is 10.3 Å². The van der Waals surface area contributed by atoms with E-state index in [-0.39, 0.29) is 5.89 Å². The maximum atomic E-state index is 9.67. The summed E-state index contributed by atoms with van der Waals surface area (Å²) in [7, 11) is 0. The van der Waals surface area contributed by atoms with Gasteiger partial charge in [-0.3, -0.25) is 0 Å². The number of thioether (sulfide) groups is 1. The highest BCUT2D eigenvalue weighted by Crippen LogP contribution is 2.29. The lowest BCUT2D eigenvalue weighted by molar-refractivity contribution is 0.127. The first-order valence-corrected chi connectivity index (χ1v) is 7.56. The second-order valence-corrected chi connectivity index (χ2v) is 5.73. The van der Waals surface area contributed by atoms with Gasteiger partial charge in [-0.1, -0.05) is 17.3 Å². The minimum absolute atomic E-state index is 0.230. The number of benzene rings is 1. The normalized spacial score (nSPS) is 12.6. The molecule has 0 aliphatic heterocycles. The van der Waals surface area contributed by atoms with Crippen molar-refractivity contribution >= 4 is 27.7 Å². The molecule has 0 spiro atoms. The van der Waals surface area contributed by atoms with Crippen LogP contribution >= 0.6 is 27.7 Å². The molecule has 1 atom stereocenters. The maximum absolute atomic E-state index is 9.67. The number of aliphatic hydroxyl groups excluding tert-OH is 1. The molecule has 0 aliphatic rings. The number of rotatable bonds is 6. The van der Waals surface area contributed by atoms with Gasteiger partial charge in [0.05, 0.1) is 5.75 Å². The van der Waals surface area contributed by atoms with E-state index in [0.29, 0.717) is 24.5 Å². The second-order valence-electron chi connectivity index (χ2n) is 3.86. The van der Waals surface area contributed by atoms with Crippen molar-refractivity contribution in [2.24, 2.45) is 5.73 Å². The van der Waals surface area contributed by atoms with Crippen LogP contribution in [0.5, 0.6) is 0 Å². The van der Waals surface area contributed by atoms with Crippen molar-refractivity contribution in [3.05, 3.63) is 40.5 Å². The molecular formula is C12H14BrN3O2S. The zero-order valence-electron chi connectivity index (χ0n) is 10.1. The molecule has 0 fully saturated rings. The van der Waals surface area contributed by atoms with E-state index in [1.807, 2.05) is 24.3 Å². The summed E-state index contributed by atoms with van der Waals surface area (Å²) in [5, 5.41) is 13.5. The van der Waals surface area contributed by atoms with E-state index in [9.17, 15) is 5.11 Å². The van der Waals surface area contributed by atoms with Gasteiger partial charge in [0.2, 0.25) is 0 Å². The lowest BCUT2D eigenvalue weighted by Crippen LogP contribution is -2.06. The van der Waals surface area contributed by atoms with Crippen molar-refractivity contribution < 1.29 is 9.63 Å². The molecule has 0 aliphatic carbocycles. The average Bonchev–Trinajstić information content (AvgIpc) is 2.87. The van der Waals surface area contributed by atoms with Gasteiger partial charge >= 0.3 is 0 Å². The fraction of sp³-hybridized carbons (Fsp3) is 0.333. The zero-order chi connectivity index (χ0) is 13.7. The Balaban J connectivity index is 1.95. The van der Waals surface area contributed by atoms with Crippen LogP contribution in [0.15, 0.2) is 38.2 Å². The smallest absolute Gasteiger partial charge is 0.255 e. The zero-order valence-corrected chi connectivity index (χ0v) is 12.5. The summed E-state index contributed by atoms with van der Waals surface area (Å²) in [5.41, 5.74) is 5.37. The summed E-state index contributed by atoms with van der Waals surface area (Å²) >= 11 is 5.08. The lowest BCUT2D eigenvalue weighted by Gasteiger charge is -2.01. The van der Waals surface area contributed by atoms with E-state index >= 15 is 0 Å². The van der Waals surface area contributed by atoms with Gasteiger partial charge in [0.25, 0.3) is 5.89 Å².